The van der Waals surface area contributed by atoms with Crippen LogP contribution < -0.4 is 4.90 Å². The number of anilines is 1. The minimum atomic E-state index is -4.41. The van der Waals surface area contributed by atoms with Gasteiger partial charge in [0.25, 0.3) is 0 Å². The predicted molar refractivity (Wildman–Crippen MR) is 74.5 cm³/mol. The Kier molecular flexibility index (Phi) is 4.09. The first-order valence-corrected chi connectivity index (χ1v) is 8.03. The highest BCUT2D eigenvalue weighted by atomic mass is 32.1. The third kappa shape index (κ3) is 3.50. The summed E-state index contributed by atoms with van der Waals surface area (Å²) >= 11 is 2.16. The zero-order chi connectivity index (χ0) is 14.9. The monoisotopic (exact) mass is 335 g/mol. The zero-order valence-corrected chi connectivity index (χ0v) is 12.5. The average molecular weight is 335 g/mol. The molecule has 1 aliphatic rings. The zero-order valence-electron chi connectivity index (χ0n) is 10.9. The van der Waals surface area contributed by atoms with Crippen molar-refractivity contribution in [2.75, 3.05) is 31.1 Å². The van der Waals surface area contributed by atoms with E-state index in [1.807, 2.05) is 10.3 Å². The molecular formula is C11H12F3N5S2. The second-order valence-corrected chi connectivity index (χ2v) is 6.31. The second-order valence-electron chi connectivity index (χ2n) is 4.63. The Morgan fingerprint density at radius 3 is 2.48 bits per heavy atom. The minimum absolute atomic E-state index is 0.343. The Labute approximate surface area is 127 Å². The summed E-state index contributed by atoms with van der Waals surface area (Å²) in [7, 11) is 0. The van der Waals surface area contributed by atoms with Crippen LogP contribution in [-0.4, -0.2) is 46.3 Å². The molecule has 0 aromatic carbocycles. The second kappa shape index (κ2) is 5.85. The average Bonchev–Trinajstić information content (AvgIpc) is 3.09. The first-order chi connectivity index (χ1) is 10.0. The van der Waals surface area contributed by atoms with Gasteiger partial charge in [0.2, 0.25) is 10.1 Å². The molecule has 0 spiro atoms. The lowest BCUT2D eigenvalue weighted by atomic mass is 10.3. The molecule has 0 amide bonds. The fourth-order valence-corrected chi connectivity index (χ4v) is 3.41. The molecule has 21 heavy (non-hydrogen) atoms. The van der Waals surface area contributed by atoms with Gasteiger partial charge in [-0.1, -0.05) is 11.3 Å². The maximum absolute atomic E-state index is 12.5. The highest BCUT2D eigenvalue weighted by molar-refractivity contribution is 7.15. The van der Waals surface area contributed by atoms with E-state index in [2.05, 4.69) is 20.1 Å². The molecule has 1 saturated heterocycles. The smallest absolute Gasteiger partial charge is 0.344 e. The van der Waals surface area contributed by atoms with Gasteiger partial charge in [-0.3, -0.25) is 4.90 Å². The molecule has 0 atom stereocenters. The van der Waals surface area contributed by atoms with Crippen LogP contribution in [-0.2, 0) is 12.7 Å². The molecule has 0 N–H and O–H groups in total. The molecule has 0 saturated carbocycles. The normalized spacial score (nSPS) is 17.4. The van der Waals surface area contributed by atoms with E-state index in [1.165, 1.54) is 0 Å². The summed E-state index contributed by atoms with van der Waals surface area (Å²) < 4.78 is 37.6. The van der Waals surface area contributed by atoms with Crippen LogP contribution in [0, 0.1) is 0 Å². The minimum Gasteiger partial charge on any atom is -0.344 e. The topological polar surface area (TPSA) is 45.2 Å². The highest BCUT2D eigenvalue weighted by Crippen LogP contribution is 2.34. The van der Waals surface area contributed by atoms with Crippen LogP contribution in [0.25, 0.3) is 0 Å². The Hall–Kier alpha value is -1.26. The molecule has 0 radical (unpaired) electrons. The first-order valence-electron chi connectivity index (χ1n) is 6.27. The number of piperazine rings is 1. The van der Waals surface area contributed by atoms with E-state index in [9.17, 15) is 13.2 Å². The van der Waals surface area contributed by atoms with Crippen molar-refractivity contribution in [1.29, 1.82) is 0 Å². The number of aromatic nitrogens is 3. The fourth-order valence-electron chi connectivity index (χ4n) is 2.10. The van der Waals surface area contributed by atoms with E-state index in [-0.39, 0.29) is 0 Å². The Morgan fingerprint density at radius 2 is 1.90 bits per heavy atom. The van der Waals surface area contributed by atoms with Gasteiger partial charge in [-0.25, -0.2) is 4.98 Å². The maximum Gasteiger partial charge on any atom is 0.445 e. The highest BCUT2D eigenvalue weighted by Gasteiger charge is 2.36. The summed E-state index contributed by atoms with van der Waals surface area (Å²) in [6.45, 7) is 3.63. The van der Waals surface area contributed by atoms with E-state index in [0.717, 1.165) is 25.3 Å². The van der Waals surface area contributed by atoms with Crippen molar-refractivity contribution in [1.82, 2.24) is 20.1 Å². The SMILES string of the molecule is FC(F)(F)c1nnc(N2CCN(Cc3cscn3)CC2)s1. The van der Waals surface area contributed by atoms with Gasteiger partial charge in [0.1, 0.15) is 0 Å². The van der Waals surface area contributed by atoms with Gasteiger partial charge in [-0.15, -0.1) is 21.5 Å². The van der Waals surface area contributed by atoms with Crippen LogP contribution in [0.15, 0.2) is 10.9 Å². The summed E-state index contributed by atoms with van der Waals surface area (Å²) in [5, 5.41) is 8.34. The third-order valence-corrected chi connectivity index (χ3v) is 4.83. The molecule has 0 aliphatic carbocycles. The van der Waals surface area contributed by atoms with E-state index < -0.39 is 11.2 Å². The molecule has 2 aromatic rings. The number of rotatable bonds is 3. The molecule has 5 nitrogen and oxygen atoms in total. The Bertz CT molecular complexity index is 575. The van der Waals surface area contributed by atoms with Crippen molar-refractivity contribution in [2.24, 2.45) is 0 Å². The molecular weight excluding hydrogens is 323 g/mol. The van der Waals surface area contributed by atoms with Crippen LogP contribution in [0.1, 0.15) is 10.7 Å². The van der Waals surface area contributed by atoms with Gasteiger partial charge in [0.15, 0.2) is 0 Å². The summed E-state index contributed by atoms with van der Waals surface area (Å²) in [6.07, 6.45) is -4.41. The van der Waals surface area contributed by atoms with Crippen molar-refractivity contribution in [3.63, 3.8) is 0 Å². The predicted octanol–water partition coefficient (Wildman–Crippen LogP) is 2.34. The molecule has 1 fully saturated rings. The number of halogens is 3. The van der Waals surface area contributed by atoms with E-state index >= 15 is 0 Å². The van der Waals surface area contributed by atoms with E-state index in [0.29, 0.717) is 29.6 Å². The number of alkyl halides is 3. The van der Waals surface area contributed by atoms with Crippen LogP contribution in [0.5, 0.6) is 0 Å². The van der Waals surface area contributed by atoms with Gasteiger partial charge in [0.05, 0.1) is 11.2 Å². The van der Waals surface area contributed by atoms with Crippen LogP contribution in [0.4, 0.5) is 18.3 Å². The van der Waals surface area contributed by atoms with Gasteiger partial charge >= 0.3 is 6.18 Å². The summed E-state index contributed by atoms with van der Waals surface area (Å²) in [4.78, 5) is 8.32. The number of hydrogen-bond acceptors (Lipinski definition) is 7. The molecule has 3 rings (SSSR count). The van der Waals surface area contributed by atoms with Gasteiger partial charge in [-0.2, -0.15) is 13.2 Å². The van der Waals surface area contributed by atoms with Crippen molar-refractivity contribution >= 4 is 27.8 Å². The molecule has 0 unspecified atom stereocenters. The number of hydrogen-bond donors (Lipinski definition) is 0. The van der Waals surface area contributed by atoms with Crippen LogP contribution >= 0.6 is 22.7 Å². The van der Waals surface area contributed by atoms with Gasteiger partial charge in [-0.05, 0) is 0 Å². The summed E-state index contributed by atoms with van der Waals surface area (Å²) in [6, 6.07) is 0. The molecule has 0 bridgehead atoms. The Balaban J connectivity index is 1.57. The van der Waals surface area contributed by atoms with E-state index in [1.54, 1.807) is 16.8 Å². The van der Waals surface area contributed by atoms with Crippen molar-refractivity contribution in [3.05, 3.63) is 21.6 Å². The number of nitrogens with zero attached hydrogens (tertiary/aromatic N) is 5. The van der Waals surface area contributed by atoms with Gasteiger partial charge < -0.3 is 4.90 Å². The quantitative estimate of drug-likeness (QED) is 0.861. The molecule has 3 heterocycles. The Morgan fingerprint density at radius 1 is 1.14 bits per heavy atom. The molecule has 2 aromatic heterocycles. The fraction of sp³-hybridized carbons (Fsp3) is 0.545. The summed E-state index contributed by atoms with van der Waals surface area (Å²) in [5.41, 5.74) is 2.83. The van der Waals surface area contributed by atoms with Crippen LogP contribution in [0.3, 0.4) is 0 Å². The van der Waals surface area contributed by atoms with Crippen LogP contribution in [0.2, 0.25) is 0 Å². The summed E-state index contributed by atoms with van der Waals surface area (Å²) in [5.74, 6) is 0. The van der Waals surface area contributed by atoms with Gasteiger partial charge in [0, 0.05) is 38.1 Å². The maximum atomic E-state index is 12.5. The lowest BCUT2D eigenvalue weighted by Crippen LogP contribution is -2.46. The number of thiazole rings is 1. The standard InChI is InChI=1S/C11H12F3N5S2/c12-11(13,14)9-16-17-10(21-9)19-3-1-18(2-4-19)5-8-6-20-7-15-8/h6-7H,1-5H2. The third-order valence-electron chi connectivity index (χ3n) is 3.17. The molecule has 1 aliphatic heterocycles. The molecule has 10 heteroatoms. The largest absolute Gasteiger partial charge is 0.445 e. The lowest BCUT2D eigenvalue weighted by Gasteiger charge is -2.33. The lowest BCUT2D eigenvalue weighted by molar-refractivity contribution is -0.138. The van der Waals surface area contributed by atoms with Crippen molar-refractivity contribution < 1.29 is 13.2 Å². The van der Waals surface area contributed by atoms with Crippen molar-refractivity contribution in [2.45, 2.75) is 12.7 Å². The van der Waals surface area contributed by atoms with Crippen molar-refractivity contribution in [3.8, 4) is 0 Å². The van der Waals surface area contributed by atoms with E-state index in [4.69, 9.17) is 0 Å². The molecule has 114 valence electrons. The first kappa shape index (κ1) is 14.7.